The number of hydrogen-bond acceptors (Lipinski definition) is 4. The SMILES string of the molecule is Cc1cc(-n2c(=O)ccc3[nH]nc(OC(F)F)c32)ccc1CS(=O)O. The van der Waals surface area contributed by atoms with E-state index in [0.29, 0.717) is 22.3 Å². The number of hydrogen-bond donors (Lipinski definition) is 2. The van der Waals surface area contributed by atoms with Gasteiger partial charge in [0.15, 0.2) is 11.1 Å². The molecule has 0 amide bonds. The number of benzene rings is 1. The van der Waals surface area contributed by atoms with E-state index in [-0.39, 0.29) is 17.1 Å². The molecule has 2 N–H and O–H groups in total. The number of fused-ring (bicyclic) bond motifs is 1. The quantitative estimate of drug-likeness (QED) is 0.673. The maximum absolute atomic E-state index is 12.6. The van der Waals surface area contributed by atoms with Crippen molar-refractivity contribution < 1.29 is 22.3 Å². The summed E-state index contributed by atoms with van der Waals surface area (Å²) in [4.78, 5) is 12.3. The van der Waals surface area contributed by atoms with Crippen LogP contribution in [0.1, 0.15) is 11.1 Å². The van der Waals surface area contributed by atoms with Crippen LogP contribution in [0.2, 0.25) is 0 Å². The smallest absolute Gasteiger partial charge is 0.388 e. The molecule has 7 nitrogen and oxygen atoms in total. The molecule has 1 atom stereocenters. The molecule has 0 aliphatic heterocycles. The highest BCUT2D eigenvalue weighted by atomic mass is 32.2. The summed E-state index contributed by atoms with van der Waals surface area (Å²) in [6.45, 7) is -1.36. The first kappa shape index (κ1) is 17.2. The molecule has 10 heteroatoms. The normalized spacial score (nSPS) is 12.7. The van der Waals surface area contributed by atoms with Crippen LogP contribution in [0, 0.1) is 6.92 Å². The van der Waals surface area contributed by atoms with Crippen molar-refractivity contribution >= 4 is 22.1 Å². The minimum atomic E-state index is -3.08. The van der Waals surface area contributed by atoms with Crippen LogP contribution in [0.4, 0.5) is 8.78 Å². The molecule has 3 aromatic rings. The van der Waals surface area contributed by atoms with E-state index in [0.717, 1.165) is 0 Å². The van der Waals surface area contributed by atoms with Crippen molar-refractivity contribution in [2.45, 2.75) is 19.3 Å². The number of aromatic nitrogens is 3. The average Bonchev–Trinajstić information content (AvgIpc) is 2.91. The van der Waals surface area contributed by atoms with Gasteiger partial charge < -0.3 is 9.29 Å². The lowest BCUT2D eigenvalue weighted by Crippen LogP contribution is -2.18. The second-order valence-corrected chi connectivity index (χ2v) is 6.18. The Morgan fingerprint density at radius 1 is 1.36 bits per heavy atom. The van der Waals surface area contributed by atoms with Crippen molar-refractivity contribution in [1.82, 2.24) is 14.8 Å². The van der Waals surface area contributed by atoms with Crippen LogP contribution in [0.5, 0.6) is 5.88 Å². The Kier molecular flexibility index (Phi) is 4.64. The van der Waals surface area contributed by atoms with Crippen LogP contribution < -0.4 is 10.3 Å². The van der Waals surface area contributed by atoms with Crippen molar-refractivity contribution in [3.8, 4) is 11.6 Å². The van der Waals surface area contributed by atoms with E-state index in [4.69, 9.17) is 4.55 Å². The maximum atomic E-state index is 12.6. The average molecular weight is 369 g/mol. The van der Waals surface area contributed by atoms with Crippen LogP contribution in [0.3, 0.4) is 0 Å². The van der Waals surface area contributed by atoms with Crippen molar-refractivity contribution in [2.75, 3.05) is 0 Å². The Morgan fingerprint density at radius 3 is 2.76 bits per heavy atom. The second kappa shape index (κ2) is 6.73. The standard InChI is InChI=1S/C15H13F2N3O4S/c1-8-6-10(3-2-9(8)7-25(22)23)20-12(21)5-4-11-13(20)14(19-18-11)24-15(16)17/h2-6,15H,7H2,1H3,(H,18,19)(H,22,23). The van der Waals surface area contributed by atoms with Crippen LogP contribution in [0.15, 0.2) is 35.1 Å². The Labute approximate surface area is 142 Å². The first-order valence-electron chi connectivity index (χ1n) is 7.09. The summed E-state index contributed by atoms with van der Waals surface area (Å²) in [5.74, 6) is -0.433. The summed E-state index contributed by atoms with van der Waals surface area (Å²) in [6.07, 6.45) is 0. The summed E-state index contributed by atoms with van der Waals surface area (Å²) in [7, 11) is 0. The van der Waals surface area contributed by atoms with E-state index in [2.05, 4.69) is 14.9 Å². The molecule has 0 radical (unpaired) electrons. The fourth-order valence-electron chi connectivity index (χ4n) is 2.54. The lowest BCUT2D eigenvalue weighted by Gasteiger charge is -2.11. The lowest BCUT2D eigenvalue weighted by molar-refractivity contribution is -0.0520. The molecule has 0 fully saturated rings. The highest BCUT2D eigenvalue weighted by Gasteiger charge is 2.18. The molecule has 0 spiro atoms. The molecule has 2 aromatic heterocycles. The topological polar surface area (TPSA) is 97.2 Å². The van der Waals surface area contributed by atoms with Gasteiger partial charge in [-0.25, -0.2) is 4.21 Å². The number of rotatable bonds is 5. The van der Waals surface area contributed by atoms with E-state index >= 15 is 0 Å². The Morgan fingerprint density at radius 2 is 2.12 bits per heavy atom. The van der Waals surface area contributed by atoms with Gasteiger partial charge in [-0.1, -0.05) is 6.07 Å². The minimum absolute atomic E-state index is 0.0450. The number of nitrogens with one attached hydrogen (secondary N) is 1. The molecule has 1 aromatic carbocycles. The van der Waals surface area contributed by atoms with Gasteiger partial charge in [-0.15, -0.1) is 5.10 Å². The Hall–Kier alpha value is -2.59. The number of ether oxygens (including phenoxy) is 1. The fourth-order valence-corrected chi connectivity index (χ4v) is 3.13. The number of aromatic amines is 1. The number of halogens is 2. The van der Waals surface area contributed by atoms with Crippen molar-refractivity contribution in [3.63, 3.8) is 0 Å². The molecule has 0 aliphatic carbocycles. The Bertz CT molecular complexity index is 1020. The zero-order chi connectivity index (χ0) is 18.1. The van der Waals surface area contributed by atoms with E-state index in [9.17, 15) is 17.8 Å². The number of alkyl halides is 2. The van der Waals surface area contributed by atoms with E-state index in [1.54, 1.807) is 25.1 Å². The molecular formula is C15H13F2N3O4S. The number of pyridine rings is 1. The number of H-pyrrole nitrogens is 1. The van der Waals surface area contributed by atoms with Crippen LogP contribution in [-0.2, 0) is 16.8 Å². The van der Waals surface area contributed by atoms with Gasteiger partial charge in [0.25, 0.3) is 11.4 Å². The van der Waals surface area contributed by atoms with Crippen LogP contribution >= 0.6 is 0 Å². The van der Waals surface area contributed by atoms with Gasteiger partial charge in [0.1, 0.15) is 5.52 Å². The summed E-state index contributed by atoms with van der Waals surface area (Å²) in [5, 5.41) is 6.22. The molecule has 25 heavy (non-hydrogen) atoms. The first-order chi connectivity index (χ1) is 11.9. The highest BCUT2D eigenvalue weighted by Crippen LogP contribution is 2.26. The molecular weight excluding hydrogens is 356 g/mol. The molecule has 1 unspecified atom stereocenters. The van der Waals surface area contributed by atoms with Crippen LogP contribution in [-0.4, -0.2) is 30.1 Å². The largest absolute Gasteiger partial charge is 0.413 e. The Balaban J connectivity index is 2.19. The first-order valence-corrected chi connectivity index (χ1v) is 8.36. The van der Waals surface area contributed by atoms with Gasteiger partial charge >= 0.3 is 6.61 Å². The summed E-state index contributed by atoms with van der Waals surface area (Å²) in [5.41, 5.74) is 1.72. The predicted molar refractivity (Wildman–Crippen MR) is 87.5 cm³/mol. The third kappa shape index (κ3) is 3.44. The molecule has 0 saturated heterocycles. The number of aryl methyl sites for hydroxylation is 1. The third-order valence-corrected chi connectivity index (χ3v) is 4.19. The summed E-state index contributed by atoms with van der Waals surface area (Å²) < 4.78 is 50.7. The summed E-state index contributed by atoms with van der Waals surface area (Å²) >= 11 is -2.00. The van der Waals surface area contributed by atoms with Gasteiger partial charge in [0, 0.05) is 11.8 Å². The maximum Gasteiger partial charge on any atom is 0.388 e. The minimum Gasteiger partial charge on any atom is -0.413 e. The van der Waals surface area contributed by atoms with E-state index < -0.39 is 23.3 Å². The molecule has 132 valence electrons. The van der Waals surface area contributed by atoms with Gasteiger partial charge in [0.2, 0.25) is 0 Å². The van der Waals surface area contributed by atoms with E-state index in [1.807, 2.05) is 0 Å². The van der Waals surface area contributed by atoms with Gasteiger partial charge in [-0.2, -0.15) is 8.78 Å². The fraction of sp³-hybridized carbons (Fsp3) is 0.200. The van der Waals surface area contributed by atoms with Gasteiger partial charge in [-0.05, 0) is 36.2 Å². The molecule has 0 bridgehead atoms. The molecule has 2 heterocycles. The second-order valence-electron chi connectivity index (χ2n) is 5.25. The molecule has 0 saturated carbocycles. The lowest BCUT2D eigenvalue weighted by atomic mass is 10.1. The molecule has 3 rings (SSSR count). The summed E-state index contributed by atoms with van der Waals surface area (Å²) in [6, 6.07) is 7.50. The van der Waals surface area contributed by atoms with Crippen molar-refractivity contribution in [3.05, 3.63) is 51.8 Å². The zero-order valence-electron chi connectivity index (χ0n) is 12.9. The van der Waals surface area contributed by atoms with Crippen LogP contribution in [0.25, 0.3) is 16.7 Å². The monoisotopic (exact) mass is 369 g/mol. The zero-order valence-corrected chi connectivity index (χ0v) is 13.7. The number of nitrogens with zero attached hydrogens (tertiary/aromatic N) is 2. The van der Waals surface area contributed by atoms with Gasteiger partial charge in [0.05, 0.1) is 11.3 Å². The predicted octanol–water partition coefficient (Wildman–Crippen LogP) is 2.35. The van der Waals surface area contributed by atoms with Gasteiger partial charge in [-0.3, -0.25) is 14.5 Å². The van der Waals surface area contributed by atoms with E-state index in [1.165, 1.54) is 16.7 Å². The highest BCUT2D eigenvalue weighted by molar-refractivity contribution is 7.78. The van der Waals surface area contributed by atoms with Crippen molar-refractivity contribution in [2.24, 2.45) is 0 Å². The third-order valence-electron chi connectivity index (χ3n) is 3.64. The molecule has 0 aliphatic rings. The van der Waals surface area contributed by atoms with Crippen molar-refractivity contribution in [1.29, 1.82) is 0 Å².